The number of carbonyl (C=O) groups is 2. The lowest BCUT2D eigenvalue weighted by Gasteiger charge is -2.31. The number of hydrogen-bond donors (Lipinski definition) is 2. The average Bonchev–Trinajstić information content (AvgIpc) is 2.90. The Hall–Kier alpha value is -1.92. The molecule has 2 aliphatic rings. The Balaban J connectivity index is 1.67. The number of carboxylic acid groups (broad SMARTS) is 1. The summed E-state index contributed by atoms with van der Waals surface area (Å²) in [6.45, 7) is 4.00. The molecule has 1 atom stereocenters. The Morgan fingerprint density at radius 1 is 1.39 bits per heavy atom. The maximum Gasteiger partial charge on any atom is 0.338 e. The molecule has 1 saturated heterocycles. The lowest BCUT2D eigenvalue weighted by Crippen LogP contribution is -2.38. The van der Waals surface area contributed by atoms with Crippen molar-refractivity contribution in [2.24, 2.45) is 5.92 Å². The maximum atomic E-state index is 11.6. The molecule has 6 nitrogen and oxygen atoms in total. The molecule has 1 aromatic rings. The first kappa shape index (κ1) is 16.0. The number of aliphatic hydroxyl groups excluding tert-OH is 1. The van der Waals surface area contributed by atoms with E-state index in [0.29, 0.717) is 38.0 Å². The third-order valence-electron chi connectivity index (χ3n) is 4.93. The molecule has 23 heavy (non-hydrogen) atoms. The highest BCUT2D eigenvalue weighted by atomic mass is 16.5. The topological polar surface area (TPSA) is 87.1 Å². The van der Waals surface area contributed by atoms with Crippen molar-refractivity contribution in [2.45, 2.75) is 32.5 Å². The van der Waals surface area contributed by atoms with Crippen LogP contribution in [0.2, 0.25) is 0 Å². The van der Waals surface area contributed by atoms with E-state index in [1.807, 2.05) is 6.92 Å². The van der Waals surface area contributed by atoms with Gasteiger partial charge in [0, 0.05) is 12.1 Å². The summed E-state index contributed by atoms with van der Waals surface area (Å²) in [6.07, 6.45) is 0.582. The number of esters is 1. The summed E-state index contributed by atoms with van der Waals surface area (Å²) in [5.41, 5.74) is 3.15. The van der Waals surface area contributed by atoms with Gasteiger partial charge in [0.2, 0.25) is 0 Å². The van der Waals surface area contributed by atoms with Crippen molar-refractivity contribution in [1.29, 1.82) is 0 Å². The predicted octanol–water partition coefficient (Wildman–Crippen LogP) is 1.50. The minimum Gasteiger partial charge on any atom is -0.481 e. The van der Waals surface area contributed by atoms with Gasteiger partial charge in [0.1, 0.15) is 6.61 Å². The smallest absolute Gasteiger partial charge is 0.338 e. The van der Waals surface area contributed by atoms with Crippen LogP contribution in [0, 0.1) is 12.8 Å². The Kier molecular flexibility index (Phi) is 4.37. The molecule has 124 valence electrons. The molecule has 0 amide bonds. The molecule has 0 bridgehead atoms. The minimum atomic E-state index is -0.732. The van der Waals surface area contributed by atoms with Crippen molar-refractivity contribution >= 4 is 11.9 Å². The van der Waals surface area contributed by atoms with Crippen LogP contribution in [-0.2, 0) is 16.1 Å². The normalized spacial score (nSPS) is 20.2. The molecule has 6 heteroatoms. The number of carbonyl (C=O) groups excluding carboxylic acids is 1. The van der Waals surface area contributed by atoms with Gasteiger partial charge in [0.05, 0.1) is 17.6 Å². The van der Waals surface area contributed by atoms with Crippen molar-refractivity contribution in [2.75, 3.05) is 19.6 Å². The molecule has 2 N–H and O–H groups in total. The molecule has 0 aromatic heterocycles. The molecule has 0 aliphatic carbocycles. The summed E-state index contributed by atoms with van der Waals surface area (Å²) >= 11 is 0. The predicted molar refractivity (Wildman–Crippen MR) is 82.1 cm³/mol. The van der Waals surface area contributed by atoms with E-state index in [1.54, 1.807) is 12.1 Å². The van der Waals surface area contributed by atoms with E-state index in [4.69, 9.17) is 9.84 Å². The molecule has 0 radical (unpaired) electrons. The van der Waals surface area contributed by atoms with E-state index in [1.165, 1.54) is 0 Å². The van der Waals surface area contributed by atoms with Crippen molar-refractivity contribution in [3.05, 3.63) is 34.4 Å². The first-order chi connectivity index (χ1) is 11.0. The fourth-order valence-corrected chi connectivity index (χ4v) is 3.43. The second kappa shape index (κ2) is 6.29. The van der Waals surface area contributed by atoms with Crippen LogP contribution in [0.3, 0.4) is 0 Å². The molecule has 3 rings (SSSR count). The number of piperidine rings is 1. The third-order valence-corrected chi connectivity index (χ3v) is 4.93. The highest BCUT2D eigenvalue weighted by Gasteiger charge is 2.28. The molecule has 2 aliphatic heterocycles. The third kappa shape index (κ3) is 3.09. The number of hydrogen-bond acceptors (Lipinski definition) is 5. The van der Waals surface area contributed by atoms with Crippen LogP contribution in [0.1, 0.15) is 46.0 Å². The van der Waals surface area contributed by atoms with Gasteiger partial charge in [-0.25, -0.2) is 4.79 Å². The fourth-order valence-electron chi connectivity index (χ4n) is 3.43. The summed E-state index contributed by atoms with van der Waals surface area (Å²) < 4.78 is 5.04. The van der Waals surface area contributed by atoms with Crippen molar-refractivity contribution in [1.82, 2.24) is 4.90 Å². The zero-order valence-electron chi connectivity index (χ0n) is 13.1. The Labute approximate surface area is 134 Å². The van der Waals surface area contributed by atoms with Crippen LogP contribution >= 0.6 is 0 Å². The van der Waals surface area contributed by atoms with Crippen LogP contribution in [-0.4, -0.2) is 46.7 Å². The molecular formula is C17H21NO5. The number of aliphatic carboxylic acids is 1. The van der Waals surface area contributed by atoms with Gasteiger partial charge in [-0.05, 0) is 50.0 Å². The number of rotatable bonds is 4. The zero-order valence-corrected chi connectivity index (χ0v) is 13.1. The largest absolute Gasteiger partial charge is 0.481 e. The number of carboxylic acids is 1. The summed E-state index contributed by atoms with van der Waals surface area (Å²) in [4.78, 5) is 24.6. The van der Waals surface area contributed by atoms with Gasteiger partial charge >= 0.3 is 11.9 Å². The standard InChI is InChI=1S/C17H21NO5/c1-10-12(2-3-13-14(10)9-23-17(13)22)15(19)8-18-6-4-11(5-7-18)16(20)21/h2-3,11,15,19H,4-9H2,1H3,(H,20,21). The summed E-state index contributed by atoms with van der Waals surface area (Å²) in [6, 6.07) is 3.50. The maximum absolute atomic E-state index is 11.6. The second-order valence-corrected chi connectivity index (χ2v) is 6.31. The van der Waals surface area contributed by atoms with Crippen LogP contribution in [0.4, 0.5) is 0 Å². The van der Waals surface area contributed by atoms with Crippen LogP contribution in [0.5, 0.6) is 0 Å². The van der Waals surface area contributed by atoms with Gasteiger partial charge in [-0.1, -0.05) is 6.07 Å². The lowest BCUT2D eigenvalue weighted by atomic mass is 9.93. The number of β-amino-alcohol motifs (C(OH)–C–C–N with tert-alkyl or cyclic N) is 1. The van der Waals surface area contributed by atoms with E-state index in [9.17, 15) is 14.7 Å². The first-order valence-corrected chi connectivity index (χ1v) is 7.90. The van der Waals surface area contributed by atoms with Gasteiger partial charge in [-0.2, -0.15) is 0 Å². The van der Waals surface area contributed by atoms with Gasteiger partial charge < -0.3 is 19.8 Å². The number of benzene rings is 1. The summed E-state index contributed by atoms with van der Waals surface area (Å²) in [5.74, 6) is -1.31. The Bertz CT molecular complexity index is 634. The highest BCUT2D eigenvalue weighted by Crippen LogP contribution is 2.30. The molecule has 0 saturated carbocycles. The van der Waals surface area contributed by atoms with Gasteiger partial charge in [-0.3, -0.25) is 4.79 Å². The quantitative estimate of drug-likeness (QED) is 0.818. The number of ether oxygens (including phenoxy) is 1. The fraction of sp³-hybridized carbons (Fsp3) is 0.529. The SMILES string of the molecule is Cc1c(C(O)CN2CCC(C(=O)O)CC2)ccc2c1COC2=O. The lowest BCUT2D eigenvalue weighted by molar-refractivity contribution is -0.143. The molecule has 1 aromatic carbocycles. The van der Waals surface area contributed by atoms with Crippen molar-refractivity contribution in [3.8, 4) is 0 Å². The number of likely N-dealkylation sites (tertiary alicyclic amines) is 1. The summed E-state index contributed by atoms with van der Waals surface area (Å²) in [7, 11) is 0. The number of nitrogens with zero attached hydrogens (tertiary/aromatic N) is 1. The van der Waals surface area contributed by atoms with Gasteiger partial charge in [-0.15, -0.1) is 0 Å². The van der Waals surface area contributed by atoms with E-state index in [0.717, 1.165) is 16.7 Å². The van der Waals surface area contributed by atoms with Crippen molar-refractivity contribution in [3.63, 3.8) is 0 Å². The highest BCUT2D eigenvalue weighted by molar-refractivity contribution is 5.93. The van der Waals surface area contributed by atoms with E-state index in [-0.39, 0.29) is 18.5 Å². The van der Waals surface area contributed by atoms with Crippen LogP contribution in [0.25, 0.3) is 0 Å². The first-order valence-electron chi connectivity index (χ1n) is 7.90. The number of aliphatic hydroxyl groups is 1. The average molecular weight is 319 g/mol. The minimum absolute atomic E-state index is 0.268. The molecule has 0 spiro atoms. The zero-order chi connectivity index (χ0) is 16.6. The van der Waals surface area contributed by atoms with Crippen molar-refractivity contribution < 1.29 is 24.5 Å². The molecule has 2 heterocycles. The second-order valence-electron chi connectivity index (χ2n) is 6.31. The van der Waals surface area contributed by atoms with Crippen LogP contribution < -0.4 is 0 Å². The molecule has 1 fully saturated rings. The molecule has 1 unspecified atom stereocenters. The Morgan fingerprint density at radius 3 is 2.74 bits per heavy atom. The van der Waals surface area contributed by atoms with Gasteiger partial charge in [0.25, 0.3) is 0 Å². The number of cyclic esters (lactones) is 1. The monoisotopic (exact) mass is 319 g/mol. The Morgan fingerprint density at radius 2 is 2.09 bits per heavy atom. The molecular weight excluding hydrogens is 298 g/mol. The van der Waals surface area contributed by atoms with Gasteiger partial charge in [0.15, 0.2) is 0 Å². The number of fused-ring (bicyclic) bond motifs is 1. The van der Waals surface area contributed by atoms with E-state index in [2.05, 4.69) is 4.90 Å². The van der Waals surface area contributed by atoms with E-state index >= 15 is 0 Å². The van der Waals surface area contributed by atoms with E-state index < -0.39 is 12.1 Å². The van der Waals surface area contributed by atoms with Crippen LogP contribution in [0.15, 0.2) is 12.1 Å². The summed E-state index contributed by atoms with van der Waals surface area (Å²) in [5, 5.41) is 19.6.